The number of ketones is 1. The maximum Gasteiger partial charge on any atom is 0.339 e. The van der Waals surface area contributed by atoms with Crippen molar-refractivity contribution in [1.29, 1.82) is 0 Å². The molecule has 0 saturated heterocycles. The standard InChI is InChI=1S/C18H14O3/c1-10-6-7-11-9-15(16(19)14(11)8-10)17-12-4-2-3-5-13(12)18(20)21-17/h2-8,15,17H,9H2,1H3/t15-,17-/m0/s1. The second-order valence-electron chi connectivity index (χ2n) is 5.75. The highest BCUT2D eigenvalue weighted by atomic mass is 16.5. The van der Waals surface area contributed by atoms with E-state index in [1.54, 1.807) is 6.07 Å². The number of fused-ring (bicyclic) bond motifs is 2. The Bertz CT molecular complexity index is 776. The molecule has 0 radical (unpaired) electrons. The van der Waals surface area contributed by atoms with E-state index in [9.17, 15) is 9.59 Å². The van der Waals surface area contributed by atoms with Crippen molar-refractivity contribution in [3.05, 3.63) is 70.3 Å². The molecule has 0 amide bonds. The smallest absolute Gasteiger partial charge is 0.339 e. The van der Waals surface area contributed by atoms with Crippen molar-refractivity contribution in [2.75, 3.05) is 0 Å². The Hall–Kier alpha value is -2.42. The second-order valence-corrected chi connectivity index (χ2v) is 5.75. The van der Waals surface area contributed by atoms with E-state index in [-0.39, 0.29) is 17.7 Å². The molecule has 2 atom stereocenters. The van der Waals surface area contributed by atoms with Gasteiger partial charge < -0.3 is 4.74 Å². The molecule has 0 fully saturated rings. The van der Waals surface area contributed by atoms with Crippen LogP contribution in [0.15, 0.2) is 42.5 Å². The van der Waals surface area contributed by atoms with Gasteiger partial charge in [-0.25, -0.2) is 4.79 Å². The van der Waals surface area contributed by atoms with Crippen LogP contribution in [0.1, 0.15) is 43.5 Å². The first-order chi connectivity index (χ1) is 10.1. The Labute approximate surface area is 122 Å². The fourth-order valence-electron chi connectivity index (χ4n) is 3.34. The lowest BCUT2D eigenvalue weighted by atomic mass is 9.91. The van der Waals surface area contributed by atoms with E-state index in [2.05, 4.69) is 0 Å². The molecule has 4 rings (SSSR count). The molecule has 1 heterocycles. The summed E-state index contributed by atoms with van der Waals surface area (Å²) in [6.45, 7) is 1.98. The molecule has 0 N–H and O–H groups in total. The van der Waals surface area contributed by atoms with Gasteiger partial charge in [0.15, 0.2) is 5.78 Å². The summed E-state index contributed by atoms with van der Waals surface area (Å²) >= 11 is 0. The van der Waals surface area contributed by atoms with Gasteiger partial charge in [0.1, 0.15) is 6.10 Å². The average Bonchev–Trinajstić information content (AvgIpc) is 2.98. The minimum absolute atomic E-state index is 0.0863. The Morgan fingerprint density at radius 3 is 2.71 bits per heavy atom. The van der Waals surface area contributed by atoms with Crippen LogP contribution in [-0.2, 0) is 11.2 Å². The Morgan fingerprint density at radius 2 is 1.86 bits per heavy atom. The summed E-state index contributed by atoms with van der Waals surface area (Å²) in [5, 5.41) is 0. The zero-order valence-electron chi connectivity index (χ0n) is 11.6. The largest absolute Gasteiger partial charge is 0.453 e. The van der Waals surface area contributed by atoms with Gasteiger partial charge in [0.2, 0.25) is 0 Å². The number of aryl methyl sites for hydroxylation is 1. The fourth-order valence-corrected chi connectivity index (χ4v) is 3.34. The van der Waals surface area contributed by atoms with E-state index in [1.165, 1.54) is 0 Å². The first-order valence-corrected chi connectivity index (χ1v) is 7.09. The van der Waals surface area contributed by atoms with Crippen molar-refractivity contribution in [2.24, 2.45) is 5.92 Å². The number of carbonyl (C=O) groups excluding carboxylic acids is 2. The molecular weight excluding hydrogens is 264 g/mol. The van der Waals surface area contributed by atoms with Gasteiger partial charge in [0, 0.05) is 11.1 Å². The molecule has 2 aromatic carbocycles. The van der Waals surface area contributed by atoms with E-state index >= 15 is 0 Å². The third kappa shape index (κ3) is 1.74. The van der Waals surface area contributed by atoms with Crippen LogP contribution < -0.4 is 0 Å². The number of benzene rings is 2. The molecule has 0 unspecified atom stereocenters. The summed E-state index contributed by atoms with van der Waals surface area (Å²) in [6, 6.07) is 13.3. The number of cyclic esters (lactones) is 1. The van der Waals surface area contributed by atoms with Gasteiger partial charge in [-0.2, -0.15) is 0 Å². The summed E-state index contributed by atoms with van der Waals surface area (Å²) in [6.07, 6.45) is 0.190. The lowest BCUT2D eigenvalue weighted by Gasteiger charge is -2.16. The topological polar surface area (TPSA) is 43.4 Å². The molecule has 0 saturated carbocycles. The first-order valence-electron chi connectivity index (χ1n) is 7.09. The Balaban J connectivity index is 1.75. The monoisotopic (exact) mass is 278 g/mol. The van der Waals surface area contributed by atoms with Gasteiger partial charge in [0.25, 0.3) is 0 Å². The molecule has 3 nitrogen and oxygen atoms in total. The number of hydrogen-bond donors (Lipinski definition) is 0. The summed E-state index contributed by atoms with van der Waals surface area (Å²) in [5.41, 5.74) is 4.33. The SMILES string of the molecule is Cc1ccc2c(c1)C(=O)[C@@H]([C@H]1OC(=O)c3ccccc31)C2. The average molecular weight is 278 g/mol. The molecule has 0 aromatic heterocycles. The van der Waals surface area contributed by atoms with Crippen molar-refractivity contribution in [3.63, 3.8) is 0 Å². The minimum atomic E-state index is -0.450. The molecule has 3 heteroatoms. The zero-order valence-corrected chi connectivity index (χ0v) is 11.6. The van der Waals surface area contributed by atoms with Crippen LogP contribution in [0.3, 0.4) is 0 Å². The summed E-state index contributed by atoms with van der Waals surface area (Å²) in [7, 11) is 0. The minimum Gasteiger partial charge on any atom is -0.453 e. The highest BCUT2D eigenvalue weighted by Crippen LogP contribution is 2.42. The van der Waals surface area contributed by atoms with Crippen molar-refractivity contribution in [3.8, 4) is 0 Å². The third-order valence-corrected chi connectivity index (χ3v) is 4.39. The van der Waals surface area contributed by atoms with Crippen molar-refractivity contribution >= 4 is 11.8 Å². The molecular formula is C18H14O3. The maximum atomic E-state index is 12.7. The predicted molar refractivity (Wildman–Crippen MR) is 77.3 cm³/mol. The normalized spacial score (nSPS) is 22.9. The van der Waals surface area contributed by atoms with Crippen molar-refractivity contribution in [2.45, 2.75) is 19.4 Å². The van der Waals surface area contributed by atoms with Crippen LogP contribution in [-0.4, -0.2) is 11.8 Å². The highest BCUT2D eigenvalue weighted by molar-refractivity contribution is 6.04. The van der Waals surface area contributed by atoms with E-state index in [1.807, 2.05) is 43.3 Å². The summed E-state index contributed by atoms with van der Waals surface area (Å²) in [5.74, 6) is -0.534. The quantitative estimate of drug-likeness (QED) is 0.752. The fraction of sp³-hybridized carbons (Fsp3) is 0.222. The van der Waals surface area contributed by atoms with Crippen LogP contribution in [0, 0.1) is 12.8 Å². The number of Topliss-reactive ketones (excluding diaryl/α,β-unsaturated/α-hetero) is 1. The van der Waals surface area contributed by atoms with Gasteiger partial charge in [-0.05, 0) is 31.0 Å². The number of ether oxygens (including phenoxy) is 1. The molecule has 21 heavy (non-hydrogen) atoms. The van der Waals surface area contributed by atoms with Crippen LogP contribution in [0.25, 0.3) is 0 Å². The van der Waals surface area contributed by atoms with Gasteiger partial charge in [-0.1, -0.05) is 35.9 Å². The van der Waals surface area contributed by atoms with Crippen LogP contribution >= 0.6 is 0 Å². The predicted octanol–water partition coefficient (Wildman–Crippen LogP) is 3.26. The molecule has 2 aliphatic rings. The van der Waals surface area contributed by atoms with E-state index < -0.39 is 6.10 Å². The lowest BCUT2D eigenvalue weighted by Crippen LogP contribution is -2.19. The van der Waals surface area contributed by atoms with E-state index in [0.717, 1.165) is 22.3 Å². The summed E-state index contributed by atoms with van der Waals surface area (Å²) < 4.78 is 5.49. The zero-order chi connectivity index (χ0) is 14.6. The molecule has 0 bridgehead atoms. The van der Waals surface area contributed by atoms with Crippen molar-refractivity contribution < 1.29 is 14.3 Å². The third-order valence-electron chi connectivity index (χ3n) is 4.39. The van der Waals surface area contributed by atoms with Gasteiger partial charge >= 0.3 is 5.97 Å². The Kier molecular flexibility index (Phi) is 2.52. The van der Waals surface area contributed by atoms with E-state index in [4.69, 9.17) is 4.74 Å². The maximum absolute atomic E-state index is 12.7. The second kappa shape index (κ2) is 4.29. The van der Waals surface area contributed by atoms with E-state index in [0.29, 0.717) is 12.0 Å². The molecule has 1 aliphatic carbocycles. The number of esters is 1. The summed E-state index contributed by atoms with van der Waals surface area (Å²) in [4.78, 5) is 24.6. The van der Waals surface area contributed by atoms with Crippen LogP contribution in [0.5, 0.6) is 0 Å². The van der Waals surface area contributed by atoms with Crippen LogP contribution in [0.2, 0.25) is 0 Å². The lowest BCUT2D eigenvalue weighted by molar-refractivity contribution is 0.0252. The van der Waals surface area contributed by atoms with Gasteiger partial charge in [0.05, 0.1) is 11.5 Å². The molecule has 104 valence electrons. The number of carbonyl (C=O) groups is 2. The van der Waals surface area contributed by atoms with Gasteiger partial charge in [-0.3, -0.25) is 4.79 Å². The van der Waals surface area contributed by atoms with Crippen LogP contribution in [0.4, 0.5) is 0 Å². The first kappa shape index (κ1) is 12.3. The Morgan fingerprint density at radius 1 is 1.05 bits per heavy atom. The highest BCUT2D eigenvalue weighted by Gasteiger charge is 2.43. The molecule has 2 aromatic rings. The number of hydrogen-bond acceptors (Lipinski definition) is 3. The molecule has 1 aliphatic heterocycles. The van der Waals surface area contributed by atoms with Crippen molar-refractivity contribution in [1.82, 2.24) is 0 Å². The van der Waals surface area contributed by atoms with Gasteiger partial charge in [-0.15, -0.1) is 0 Å². The number of rotatable bonds is 1. The molecule has 0 spiro atoms.